The fourth-order valence-corrected chi connectivity index (χ4v) is 4.48. The third kappa shape index (κ3) is 4.11. The number of nitrogens with zero attached hydrogens (tertiary/aromatic N) is 2. The molecule has 0 unspecified atom stereocenters. The number of likely N-dealkylation sites (tertiary alicyclic amines) is 1. The molecule has 1 aliphatic rings. The van der Waals surface area contributed by atoms with Gasteiger partial charge in [-0.25, -0.2) is 8.42 Å². The lowest BCUT2D eigenvalue weighted by Crippen LogP contribution is -2.47. The molecule has 130 valence electrons. The van der Waals surface area contributed by atoms with Crippen LogP contribution in [0.15, 0.2) is 9.42 Å². The van der Waals surface area contributed by atoms with Crippen LogP contribution in [0.3, 0.4) is 0 Å². The Labute approximate surface area is 137 Å². The van der Waals surface area contributed by atoms with Crippen molar-refractivity contribution in [3.63, 3.8) is 0 Å². The molecule has 1 aromatic rings. The van der Waals surface area contributed by atoms with E-state index in [0.29, 0.717) is 24.7 Å². The Morgan fingerprint density at radius 3 is 2.65 bits per heavy atom. The highest BCUT2D eigenvalue weighted by atomic mass is 32.2. The average molecular weight is 343 g/mol. The largest absolute Gasteiger partial charge is 0.360 e. The van der Waals surface area contributed by atoms with Crippen molar-refractivity contribution in [2.24, 2.45) is 5.92 Å². The van der Waals surface area contributed by atoms with Crippen LogP contribution in [0.25, 0.3) is 0 Å². The molecule has 1 saturated heterocycles. The van der Waals surface area contributed by atoms with E-state index in [1.807, 2.05) is 0 Å². The fraction of sp³-hybridized carbons (Fsp3) is 0.733. The van der Waals surface area contributed by atoms with Gasteiger partial charge in [-0.1, -0.05) is 12.1 Å². The summed E-state index contributed by atoms with van der Waals surface area (Å²) in [4.78, 5) is 14.3. The Kier molecular flexibility index (Phi) is 5.46. The van der Waals surface area contributed by atoms with Gasteiger partial charge in [0.1, 0.15) is 10.6 Å². The molecule has 0 aliphatic carbocycles. The second-order valence-corrected chi connectivity index (χ2v) is 8.01. The van der Waals surface area contributed by atoms with Crippen molar-refractivity contribution in [1.82, 2.24) is 14.8 Å². The summed E-state index contributed by atoms with van der Waals surface area (Å²) in [7, 11) is -3.83. The molecule has 0 saturated carbocycles. The van der Waals surface area contributed by atoms with Crippen LogP contribution in [-0.4, -0.2) is 43.5 Å². The molecule has 23 heavy (non-hydrogen) atoms. The molecule has 8 heteroatoms. The van der Waals surface area contributed by atoms with Crippen LogP contribution in [0.2, 0.25) is 0 Å². The van der Waals surface area contributed by atoms with Crippen LogP contribution >= 0.6 is 0 Å². The number of nitrogens with one attached hydrogen (secondary N) is 1. The first-order valence-electron chi connectivity index (χ1n) is 7.96. The van der Waals surface area contributed by atoms with Gasteiger partial charge in [0.05, 0.1) is 6.04 Å². The van der Waals surface area contributed by atoms with E-state index < -0.39 is 16.1 Å². The minimum Gasteiger partial charge on any atom is -0.360 e. The van der Waals surface area contributed by atoms with Crippen LogP contribution in [-0.2, 0) is 14.8 Å². The zero-order valence-corrected chi connectivity index (χ0v) is 14.9. The maximum atomic E-state index is 12.5. The molecule has 7 nitrogen and oxygen atoms in total. The molecule has 1 amide bonds. The number of aromatic nitrogens is 1. The molecule has 0 radical (unpaired) electrons. The predicted molar refractivity (Wildman–Crippen MR) is 85.4 cm³/mol. The number of hydrogen-bond acceptors (Lipinski definition) is 5. The zero-order valence-electron chi connectivity index (χ0n) is 14.1. The smallest absolute Gasteiger partial charge is 0.246 e. The molecular formula is C15H25N3O4S. The Morgan fingerprint density at radius 1 is 1.35 bits per heavy atom. The first-order chi connectivity index (χ1) is 10.7. The van der Waals surface area contributed by atoms with E-state index in [4.69, 9.17) is 4.52 Å². The van der Waals surface area contributed by atoms with E-state index in [2.05, 4.69) is 16.8 Å². The van der Waals surface area contributed by atoms with Crippen molar-refractivity contribution in [3.8, 4) is 0 Å². The predicted octanol–water partition coefficient (Wildman–Crippen LogP) is 1.61. The summed E-state index contributed by atoms with van der Waals surface area (Å²) in [6.07, 6.45) is 3.01. The average Bonchev–Trinajstić information content (AvgIpc) is 2.68. The lowest BCUT2D eigenvalue weighted by Gasteiger charge is -2.24. The maximum absolute atomic E-state index is 12.5. The summed E-state index contributed by atoms with van der Waals surface area (Å²) in [6, 6.07) is -0.817. The monoisotopic (exact) mass is 343 g/mol. The number of sulfonamides is 1. The SMILES string of the molecule is Cc1noc(C)c1S(=O)(=O)N[C@@H](C)C(=O)N1CCC[C@H](C)CC1. The highest BCUT2D eigenvalue weighted by Crippen LogP contribution is 2.20. The van der Waals surface area contributed by atoms with Gasteiger partial charge in [0.2, 0.25) is 15.9 Å². The first kappa shape index (κ1) is 17.9. The Hall–Kier alpha value is -1.41. The van der Waals surface area contributed by atoms with E-state index in [1.54, 1.807) is 18.7 Å². The van der Waals surface area contributed by atoms with E-state index >= 15 is 0 Å². The van der Waals surface area contributed by atoms with E-state index in [-0.39, 0.29) is 16.6 Å². The Balaban J connectivity index is 2.08. The highest BCUT2D eigenvalue weighted by Gasteiger charge is 2.30. The molecule has 0 aromatic carbocycles. The van der Waals surface area contributed by atoms with Crippen LogP contribution < -0.4 is 4.72 Å². The van der Waals surface area contributed by atoms with Gasteiger partial charge in [-0.3, -0.25) is 4.79 Å². The van der Waals surface area contributed by atoms with Crippen molar-refractivity contribution >= 4 is 15.9 Å². The van der Waals surface area contributed by atoms with E-state index in [9.17, 15) is 13.2 Å². The summed E-state index contributed by atoms with van der Waals surface area (Å²) >= 11 is 0. The van der Waals surface area contributed by atoms with Crippen molar-refractivity contribution in [2.75, 3.05) is 13.1 Å². The van der Waals surface area contributed by atoms with E-state index in [1.165, 1.54) is 6.92 Å². The number of amides is 1. The Morgan fingerprint density at radius 2 is 2.04 bits per heavy atom. The minimum absolute atomic E-state index is 0.0154. The summed E-state index contributed by atoms with van der Waals surface area (Å²) in [5.41, 5.74) is 0.290. The number of aryl methyl sites for hydroxylation is 2. The third-order valence-corrected chi connectivity index (χ3v) is 6.05. The summed E-state index contributed by atoms with van der Waals surface area (Å²) in [5, 5.41) is 3.66. The summed E-state index contributed by atoms with van der Waals surface area (Å²) in [6.45, 7) is 8.22. The van der Waals surface area contributed by atoms with Gasteiger partial charge in [0.15, 0.2) is 5.76 Å². The number of hydrogen-bond donors (Lipinski definition) is 1. The molecule has 0 bridgehead atoms. The molecule has 1 fully saturated rings. The number of rotatable bonds is 4. The summed E-state index contributed by atoms with van der Waals surface area (Å²) in [5.74, 6) is 0.634. The molecule has 1 aromatic heterocycles. The van der Waals surface area contributed by atoms with Crippen LogP contribution in [0.1, 0.15) is 44.6 Å². The maximum Gasteiger partial charge on any atom is 0.246 e. The molecule has 2 heterocycles. The molecular weight excluding hydrogens is 318 g/mol. The topological polar surface area (TPSA) is 92.5 Å². The molecule has 0 spiro atoms. The van der Waals surface area contributed by atoms with Gasteiger partial charge in [-0.05, 0) is 46.0 Å². The normalized spacial score (nSPS) is 21.0. The third-order valence-electron chi connectivity index (χ3n) is 4.27. The van der Waals surface area contributed by atoms with Crippen molar-refractivity contribution in [2.45, 2.75) is 57.9 Å². The van der Waals surface area contributed by atoms with E-state index in [0.717, 1.165) is 19.3 Å². The van der Waals surface area contributed by atoms with Crippen molar-refractivity contribution in [1.29, 1.82) is 0 Å². The standard InChI is InChI=1S/C15H25N3O4S/c1-10-6-5-8-18(9-7-10)15(19)12(3)17-23(20,21)14-11(2)16-22-13(14)4/h10,12,17H,5-9H2,1-4H3/t10-,12-/m0/s1. The quantitative estimate of drug-likeness (QED) is 0.896. The van der Waals surface area contributed by atoms with Gasteiger partial charge in [0.25, 0.3) is 0 Å². The van der Waals surface area contributed by atoms with Crippen LogP contribution in [0, 0.1) is 19.8 Å². The van der Waals surface area contributed by atoms with Crippen LogP contribution in [0.5, 0.6) is 0 Å². The molecule has 1 aliphatic heterocycles. The lowest BCUT2D eigenvalue weighted by molar-refractivity contribution is -0.132. The minimum atomic E-state index is -3.83. The molecule has 1 N–H and O–H groups in total. The second kappa shape index (κ2) is 7.00. The van der Waals surface area contributed by atoms with Gasteiger partial charge < -0.3 is 9.42 Å². The van der Waals surface area contributed by atoms with Gasteiger partial charge in [-0.2, -0.15) is 4.72 Å². The fourth-order valence-electron chi connectivity index (χ4n) is 2.96. The Bertz CT molecular complexity index is 649. The van der Waals surface area contributed by atoms with Gasteiger partial charge in [0, 0.05) is 13.1 Å². The van der Waals surface area contributed by atoms with Crippen molar-refractivity contribution < 1.29 is 17.7 Å². The summed E-state index contributed by atoms with van der Waals surface area (Å²) < 4.78 is 32.3. The van der Waals surface area contributed by atoms with Crippen molar-refractivity contribution in [3.05, 3.63) is 11.5 Å². The van der Waals surface area contributed by atoms with Gasteiger partial charge in [-0.15, -0.1) is 0 Å². The lowest BCUT2D eigenvalue weighted by atomic mass is 10.0. The van der Waals surface area contributed by atoms with Gasteiger partial charge >= 0.3 is 0 Å². The molecule has 2 rings (SSSR count). The number of carbonyl (C=O) groups is 1. The second-order valence-electron chi connectivity index (χ2n) is 6.36. The van der Waals surface area contributed by atoms with Crippen LogP contribution in [0.4, 0.5) is 0 Å². The zero-order chi connectivity index (χ0) is 17.2. The highest BCUT2D eigenvalue weighted by molar-refractivity contribution is 7.89. The first-order valence-corrected chi connectivity index (χ1v) is 9.44. The number of carbonyl (C=O) groups excluding carboxylic acids is 1. The molecule has 2 atom stereocenters.